The van der Waals surface area contributed by atoms with Gasteiger partial charge in [0.05, 0.1) is 18.3 Å². The third kappa shape index (κ3) is 4.19. The number of nitrogens with zero attached hydrogens (tertiary/aromatic N) is 3. The van der Waals surface area contributed by atoms with Crippen LogP contribution in [0.15, 0.2) is 24.4 Å². The number of urea groups is 1. The van der Waals surface area contributed by atoms with Gasteiger partial charge in [0.25, 0.3) is 5.91 Å². The molecule has 8 heteroatoms. The molecular formula is C23H29N5O3. The highest BCUT2D eigenvalue weighted by molar-refractivity contribution is 6.07. The molecule has 2 aromatic rings. The molecule has 2 fully saturated rings. The monoisotopic (exact) mass is 423 g/mol. The van der Waals surface area contributed by atoms with Gasteiger partial charge in [0.1, 0.15) is 6.04 Å². The highest BCUT2D eigenvalue weighted by atomic mass is 16.2. The highest BCUT2D eigenvalue weighted by Crippen LogP contribution is 2.27. The van der Waals surface area contributed by atoms with Crippen LogP contribution in [-0.4, -0.2) is 44.4 Å². The third-order valence-corrected chi connectivity index (χ3v) is 6.42. The van der Waals surface area contributed by atoms with Crippen LogP contribution in [0.3, 0.4) is 0 Å². The summed E-state index contributed by atoms with van der Waals surface area (Å²) in [5.74, 6) is -0.258. The molecule has 31 heavy (non-hydrogen) atoms. The van der Waals surface area contributed by atoms with Gasteiger partial charge in [-0.2, -0.15) is 0 Å². The van der Waals surface area contributed by atoms with Crippen LogP contribution in [0.4, 0.5) is 10.7 Å². The Kier molecular flexibility index (Phi) is 5.80. The first-order valence-corrected chi connectivity index (χ1v) is 10.9. The second kappa shape index (κ2) is 8.53. The van der Waals surface area contributed by atoms with E-state index in [0.29, 0.717) is 5.95 Å². The molecule has 2 aliphatic rings. The maximum absolute atomic E-state index is 12.8. The average Bonchev–Trinajstić information content (AvgIpc) is 3.23. The summed E-state index contributed by atoms with van der Waals surface area (Å²) in [7, 11) is 1.83. The van der Waals surface area contributed by atoms with Crippen LogP contribution in [0.25, 0.3) is 11.3 Å². The van der Waals surface area contributed by atoms with Crippen molar-refractivity contribution in [3.63, 3.8) is 0 Å². The van der Waals surface area contributed by atoms with Crippen molar-refractivity contribution in [1.82, 2.24) is 19.8 Å². The van der Waals surface area contributed by atoms with Gasteiger partial charge < -0.3 is 9.88 Å². The van der Waals surface area contributed by atoms with Crippen LogP contribution in [0.5, 0.6) is 0 Å². The van der Waals surface area contributed by atoms with E-state index >= 15 is 0 Å². The molecule has 1 atom stereocenters. The maximum atomic E-state index is 12.8. The lowest BCUT2D eigenvalue weighted by Gasteiger charge is -2.28. The fourth-order valence-corrected chi connectivity index (χ4v) is 4.43. The smallest absolute Gasteiger partial charge is 0.325 e. The maximum Gasteiger partial charge on any atom is 0.325 e. The number of hydrogen-bond acceptors (Lipinski definition) is 4. The lowest BCUT2D eigenvalue weighted by molar-refractivity contribution is -0.131. The predicted molar refractivity (Wildman–Crippen MR) is 117 cm³/mol. The number of benzene rings is 1. The van der Waals surface area contributed by atoms with Crippen molar-refractivity contribution in [3.05, 3.63) is 35.5 Å². The molecule has 1 aromatic heterocycles. The fourth-order valence-electron chi connectivity index (χ4n) is 4.43. The van der Waals surface area contributed by atoms with Crippen molar-refractivity contribution in [3.8, 4) is 11.3 Å². The molecule has 1 aliphatic carbocycles. The molecule has 164 valence electrons. The zero-order valence-corrected chi connectivity index (χ0v) is 18.3. The van der Waals surface area contributed by atoms with Crippen molar-refractivity contribution in [1.29, 1.82) is 0 Å². The molecule has 4 rings (SSSR count). The van der Waals surface area contributed by atoms with E-state index in [4.69, 9.17) is 0 Å². The van der Waals surface area contributed by atoms with Gasteiger partial charge in [-0.25, -0.2) is 9.78 Å². The number of amides is 4. The molecular weight excluding hydrogens is 394 g/mol. The molecule has 1 aliphatic heterocycles. The molecule has 0 bridgehead atoms. The number of carbonyl (C=O) groups is 3. The number of imide groups is 1. The number of rotatable bonds is 5. The van der Waals surface area contributed by atoms with Gasteiger partial charge in [0.2, 0.25) is 11.9 Å². The van der Waals surface area contributed by atoms with Crippen LogP contribution < -0.4 is 10.6 Å². The minimum absolute atomic E-state index is 0.0515. The van der Waals surface area contributed by atoms with Gasteiger partial charge in [-0.3, -0.25) is 19.8 Å². The van der Waals surface area contributed by atoms with E-state index in [1.807, 2.05) is 17.7 Å². The number of hydrogen-bond donors (Lipinski definition) is 2. The number of carbonyl (C=O) groups excluding carboxylic acids is 3. The Hall–Kier alpha value is -3.16. The Bertz CT molecular complexity index is 1020. The third-order valence-electron chi connectivity index (χ3n) is 6.42. The number of anilines is 1. The minimum atomic E-state index is -0.825. The Balaban J connectivity index is 1.41. The van der Waals surface area contributed by atoms with Gasteiger partial charge in [0.15, 0.2) is 0 Å². The summed E-state index contributed by atoms with van der Waals surface area (Å²) in [4.78, 5) is 43.4. The molecule has 4 amide bonds. The summed E-state index contributed by atoms with van der Waals surface area (Å²) < 4.78 is 1.81. The lowest BCUT2D eigenvalue weighted by atomic mass is 9.94. The van der Waals surface area contributed by atoms with E-state index in [9.17, 15) is 14.4 Å². The molecule has 2 heterocycles. The van der Waals surface area contributed by atoms with E-state index in [0.717, 1.165) is 43.4 Å². The van der Waals surface area contributed by atoms with Crippen LogP contribution in [0, 0.1) is 13.8 Å². The molecule has 1 saturated heterocycles. The molecule has 1 saturated carbocycles. The molecule has 0 spiro atoms. The quantitative estimate of drug-likeness (QED) is 0.722. The lowest BCUT2D eigenvalue weighted by Crippen LogP contribution is -2.42. The standard InChI is InChI=1S/C23H29N5O3/c1-14-9-10-16(11-15(14)2)19-13-24-22(27(19)3)26-20(29)12-18-21(30)28(23(31)25-18)17-7-5-4-6-8-17/h9-11,13,17-18H,4-8,12H2,1-3H3,(H,25,31)(H,24,26,29). The first-order valence-electron chi connectivity index (χ1n) is 10.9. The molecule has 0 radical (unpaired) electrons. The number of nitrogens with one attached hydrogen (secondary N) is 2. The van der Waals surface area contributed by atoms with Gasteiger partial charge in [0, 0.05) is 18.7 Å². The Labute approximate surface area is 182 Å². The van der Waals surface area contributed by atoms with Crippen molar-refractivity contribution in [2.24, 2.45) is 7.05 Å². The summed E-state index contributed by atoms with van der Waals surface area (Å²) >= 11 is 0. The molecule has 1 aromatic carbocycles. The highest BCUT2D eigenvalue weighted by Gasteiger charge is 2.43. The normalized spacial score (nSPS) is 19.6. The van der Waals surface area contributed by atoms with Crippen molar-refractivity contribution in [2.75, 3.05) is 5.32 Å². The Morgan fingerprint density at radius 2 is 1.90 bits per heavy atom. The molecule has 8 nitrogen and oxygen atoms in total. The van der Waals surface area contributed by atoms with Crippen molar-refractivity contribution >= 4 is 23.8 Å². The van der Waals surface area contributed by atoms with Gasteiger partial charge in [-0.1, -0.05) is 31.4 Å². The largest absolute Gasteiger partial charge is 0.325 e. The van der Waals surface area contributed by atoms with E-state index in [-0.39, 0.29) is 30.3 Å². The van der Waals surface area contributed by atoms with Crippen LogP contribution >= 0.6 is 0 Å². The van der Waals surface area contributed by atoms with Crippen molar-refractivity contribution < 1.29 is 14.4 Å². The van der Waals surface area contributed by atoms with E-state index in [1.54, 1.807) is 6.20 Å². The van der Waals surface area contributed by atoms with Crippen LogP contribution in [0.2, 0.25) is 0 Å². The van der Waals surface area contributed by atoms with E-state index in [1.165, 1.54) is 16.0 Å². The topological polar surface area (TPSA) is 96.3 Å². The SMILES string of the molecule is Cc1ccc(-c2cnc(NC(=O)CC3NC(=O)N(C4CCCCC4)C3=O)n2C)cc1C. The first kappa shape index (κ1) is 21.1. The van der Waals surface area contributed by atoms with Crippen molar-refractivity contribution in [2.45, 2.75) is 64.5 Å². The van der Waals surface area contributed by atoms with Crippen LogP contribution in [0.1, 0.15) is 49.7 Å². The van der Waals surface area contributed by atoms with Crippen LogP contribution in [-0.2, 0) is 16.6 Å². The summed E-state index contributed by atoms with van der Waals surface area (Å²) in [6.45, 7) is 4.12. The summed E-state index contributed by atoms with van der Waals surface area (Å²) in [6, 6.07) is 4.91. The fraction of sp³-hybridized carbons (Fsp3) is 0.478. The zero-order valence-electron chi connectivity index (χ0n) is 18.3. The Morgan fingerprint density at radius 3 is 2.61 bits per heavy atom. The second-order valence-corrected chi connectivity index (χ2v) is 8.58. The first-order chi connectivity index (χ1) is 14.8. The number of aromatic nitrogens is 2. The van der Waals surface area contributed by atoms with Gasteiger partial charge >= 0.3 is 6.03 Å². The molecule has 2 N–H and O–H groups in total. The summed E-state index contributed by atoms with van der Waals surface area (Å²) in [5, 5.41) is 5.45. The number of aryl methyl sites for hydroxylation is 2. The van der Waals surface area contributed by atoms with E-state index < -0.39 is 6.04 Å². The Morgan fingerprint density at radius 1 is 1.16 bits per heavy atom. The summed E-state index contributed by atoms with van der Waals surface area (Å²) in [6.07, 6.45) is 6.47. The average molecular weight is 424 g/mol. The molecule has 1 unspecified atom stereocenters. The minimum Gasteiger partial charge on any atom is -0.325 e. The predicted octanol–water partition coefficient (Wildman–Crippen LogP) is 3.29. The van der Waals surface area contributed by atoms with Gasteiger partial charge in [-0.05, 0) is 43.9 Å². The van der Waals surface area contributed by atoms with Gasteiger partial charge in [-0.15, -0.1) is 0 Å². The number of imidazole rings is 1. The summed E-state index contributed by atoms with van der Waals surface area (Å²) in [5.41, 5.74) is 4.29. The van der Waals surface area contributed by atoms with E-state index in [2.05, 4.69) is 41.6 Å². The zero-order chi connectivity index (χ0) is 22.1. The second-order valence-electron chi connectivity index (χ2n) is 8.58.